The highest BCUT2D eigenvalue weighted by atomic mass is 32.1. The molecule has 100 valence electrons. The van der Waals surface area contributed by atoms with Gasteiger partial charge in [0.1, 0.15) is 11.6 Å². The average Bonchev–Trinajstić information content (AvgIpc) is 2.90. The number of nitrogens with zero attached hydrogens (tertiary/aromatic N) is 1. The molecule has 4 heteroatoms. The van der Waals surface area contributed by atoms with Crippen LogP contribution in [-0.2, 0) is 16.1 Å². The van der Waals surface area contributed by atoms with E-state index < -0.39 is 0 Å². The van der Waals surface area contributed by atoms with E-state index in [9.17, 15) is 4.79 Å². The molecule has 1 heterocycles. The van der Waals surface area contributed by atoms with E-state index >= 15 is 0 Å². The number of thiazole rings is 1. The summed E-state index contributed by atoms with van der Waals surface area (Å²) in [5.74, 6) is -0.269. The second-order valence-electron chi connectivity index (χ2n) is 4.43. The summed E-state index contributed by atoms with van der Waals surface area (Å²) in [6, 6.07) is 16.0. The summed E-state index contributed by atoms with van der Waals surface area (Å²) in [6.45, 7) is 1.71. The lowest BCUT2D eigenvalue weighted by atomic mass is 10.2. The summed E-state index contributed by atoms with van der Waals surface area (Å²) >= 11 is 1.63. The maximum absolute atomic E-state index is 10.9. The molecule has 3 aromatic rings. The fourth-order valence-electron chi connectivity index (χ4n) is 2.00. The second kappa shape index (κ2) is 5.43. The van der Waals surface area contributed by atoms with E-state index in [-0.39, 0.29) is 5.97 Å². The lowest BCUT2D eigenvalue weighted by molar-refractivity contribution is -0.142. The van der Waals surface area contributed by atoms with E-state index in [2.05, 4.69) is 4.98 Å². The molecule has 0 spiro atoms. The summed E-state index contributed by atoms with van der Waals surface area (Å²) in [4.78, 5) is 15.6. The highest BCUT2D eigenvalue weighted by molar-refractivity contribution is 7.21. The zero-order valence-electron chi connectivity index (χ0n) is 11.0. The van der Waals surface area contributed by atoms with Gasteiger partial charge in [0.25, 0.3) is 0 Å². The van der Waals surface area contributed by atoms with Gasteiger partial charge in [-0.25, -0.2) is 4.98 Å². The molecule has 0 saturated carbocycles. The number of carbonyl (C=O) groups is 1. The summed E-state index contributed by atoms with van der Waals surface area (Å²) in [5, 5.41) is 0.982. The maximum Gasteiger partial charge on any atom is 0.302 e. The molecule has 0 fully saturated rings. The van der Waals surface area contributed by atoms with Crippen LogP contribution in [0.5, 0.6) is 0 Å². The Morgan fingerprint density at radius 1 is 1.15 bits per heavy atom. The van der Waals surface area contributed by atoms with Crippen molar-refractivity contribution < 1.29 is 9.53 Å². The lowest BCUT2D eigenvalue weighted by Crippen LogP contribution is -1.98. The Bertz CT molecular complexity index is 750. The van der Waals surface area contributed by atoms with Crippen LogP contribution in [0.2, 0.25) is 0 Å². The first-order valence-corrected chi connectivity index (χ1v) is 7.13. The van der Waals surface area contributed by atoms with Crippen LogP contribution in [0.4, 0.5) is 0 Å². The third-order valence-electron chi connectivity index (χ3n) is 2.95. The molecule has 3 rings (SSSR count). The molecule has 0 saturated heterocycles. The van der Waals surface area contributed by atoms with Gasteiger partial charge in [-0.05, 0) is 6.07 Å². The van der Waals surface area contributed by atoms with Gasteiger partial charge in [0.2, 0.25) is 0 Å². The monoisotopic (exact) mass is 283 g/mol. The first kappa shape index (κ1) is 12.8. The van der Waals surface area contributed by atoms with E-state index in [0.29, 0.717) is 6.61 Å². The van der Waals surface area contributed by atoms with Crippen molar-refractivity contribution in [2.24, 2.45) is 0 Å². The molecule has 0 aliphatic carbocycles. The molecule has 1 aromatic heterocycles. The molecule has 0 atom stereocenters. The van der Waals surface area contributed by atoms with Gasteiger partial charge >= 0.3 is 5.97 Å². The topological polar surface area (TPSA) is 39.2 Å². The first-order chi connectivity index (χ1) is 9.74. The van der Waals surface area contributed by atoms with Gasteiger partial charge in [-0.2, -0.15) is 0 Å². The Morgan fingerprint density at radius 2 is 1.95 bits per heavy atom. The molecule has 3 nitrogen and oxygen atoms in total. The molecule has 0 N–H and O–H groups in total. The summed E-state index contributed by atoms with van der Waals surface area (Å²) in [7, 11) is 0. The van der Waals surface area contributed by atoms with Crippen molar-refractivity contribution in [1.82, 2.24) is 4.98 Å². The van der Waals surface area contributed by atoms with E-state index in [0.717, 1.165) is 26.4 Å². The minimum absolute atomic E-state index is 0.269. The number of ether oxygens (including phenoxy) is 1. The fraction of sp³-hybridized carbons (Fsp3) is 0.125. The molecule has 0 radical (unpaired) electrons. The smallest absolute Gasteiger partial charge is 0.302 e. The molecule has 0 amide bonds. The van der Waals surface area contributed by atoms with Gasteiger partial charge in [0, 0.05) is 18.1 Å². The summed E-state index contributed by atoms with van der Waals surface area (Å²) in [6.07, 6.45) is 0. The predicted molar refractivity (Wildman–Crippen MR) is 80.5 cm³/mol. The third-order valence-corrected chi connectivity index (χ3v) is 4.14. The van der Waals surface area contributed by atoms with E-state index in [1.165, 1.54) is 6.92 Å². The number of carbonyl (C=O) groups excluding carboxylic acids is 1. The van der Waals surface area contributed by atoms with Crippen LogP contribution in [0.25, 0.3) is 20.8 Å². The Hall–Kier alpha value is -2.20. The van der Waals surface area contributed by atoms with Crippen LogP contribution >= 0.6 is 11.3 Å². The van der Waals surface area contributed by atoms with Crippen LogP contribution in [0.3, 0.4) is 0 Å². The van der Waals surface area contributed by atoms with Crippen LogP contribution in [0, 0.1) is 0 Å². The predicted octanol–water partition coefficient (Wildman–Crippen LogP) is 4.03. The average molecular weight is 283 g/mol. The minimum atomic E-state index is -0.269. The summed E-state index contributed by atoms with van der Waals surface area (Å²) in [5.41, 5.74) is 3.04. The van der Waals surface area contributed by atoms with Crippen molar-refractivity contribution in [1.29, 1.82) is 0 Å². The van der Waals surface area contributed by atoms with E-state index in [1.54, 1.807) is 11.3 Å². The van der Waals surface area contributed by atoms with Crippen molar-refractivity contribution in [2.45, 2.75) is 13.5 Å². The zero-order chi connectivity index (χ0) is 13.9. The molecule has 0 unspecified atom stereocenters. The Morgan fingerprint density at radius 3 is 2.70 bits per heavy atom. The van der Waals surface area contributed by atoms with E-state index in [1.807, 2.05) is 48.5 Å². The van der Waals surface area contributed by atoms with Crippen LogP contribution in [0.1, 0.15) is 12.5 Å². The normalized spacial score (nSPS) is 10.7. The molecule has 2 aromatic carbocycles. The van der Waals surface area contributed by atoms with Crippen LogP contribution in [-0.4, -0.2) is 11.0 Å². The van der Waals surface area contributed by atoms with Gasteiger partial charge in [-0.3, -0.25) is 4.79 Å². The molecule has 20 heavy (non-hydrogen) atoms. The number of benzene rings is 2. The Balaban J connectivity index is 2.02. The van der Waals surface area contributed by atoms with Crippen molar-refractivity contribution >= 4 is 27.5 Å². The highest BCUT2D eigenvalue weighted by Crippen LogP contribution is 2.32. The zero-order valence-corrected chi connectivity index (χ0v) is 11.8. The Labute approximate surface area is 120 Å². The Kier molecular flexibility index (Phi) is 3.48. The van der Waals surface area contributed by atoms with Crippen molar-refractivity contribution in [2.75, 3.05) is 0 Å². The van der Waals surface area contributed by atoms with Crippen LogP contribution < -0.4 is 0 Å². The third kappa shape index (κ3) is 2.56. The highest BCUT2D eigenvalue weighted by Gasteiger charge is 2.10. The fourth-order valence-corrected chi connectivity index (χ4v) is 3.07. The molecular formula is C16H13NO2S. The number of rotatable bonds is 3. The maximum atomic E-state index is 10.9. The number of aromatic nitrogens is 1. The second-order valence-corrected chi connectivity index (χ2v) is 5.43. The standard InChI is InChI=1S/C16H13NO2S/c1-11(18)19-10-13-8-5-9-14-15(13)20-16(17-14)12-6-3-2-4-7-12/h2-9H,10H2,1H3. The molecule has 0 aliphatic heterocycles. The SMILES string of the molecule is CC(=O)OCc1cccc2nc(-c3ccccc3)sc12. The van der Waals surface area contributed by atoms with Crippen LogP contribution in [0.15, 0.2) is 48.5 Å². The van der Waals surface area contributed by atoms with Gasteiger partial charge in [0.15, 0.2) is 0 Å². The molecule has 0 bridgehead atoms. The van der Waals surface area contributed by atoms with Crippen molar-refractivity contribution in [3.8, 4) is 10.6 Å². The lowest BCUT2D eigenvalue weighted by Gasteiger charge is -2.02. The largest absolute Gasteiger partial charge is 0.461 e. The number of hydrogen-bond acceptors (Lipinski definition) is 4. The summed E-state index contributed by atoms with van der Waals surface area (Å²) < 4.78 is 6.17. The van der Waals surface area contributed by atoms with Gasteiger partial charge in [0.05, 0.1) is 10.2 Å². The van der Waals surface area contributed by atoms with Crippen molar-refractivity contribution in [3.63, 3.8) is 0 Å². The molecule has 0 aliphatic rings. The minimum Gasteiger partial charge on any atom is -0.461 e. The van der Waals surface area contributed by atoms with Gasteiger partial charge in [-0.15, -0.1) is 11.3 Å². The number of hydrogen-bond donors (Lipinski definition) is 0. The van der Waals surface area contributed by atoms with Gasteiger partial charge < -0.3 is 4.74 Å². The van der Waals surface area contributed by atoms with Gasteiger partial charge in [-0.1, -0.05) is 42.5 Å². The number of esters is 1. The quantitative estimate of drug-likeness (QED) is 0.681. The van der Waals surface area contributed by atoms with Crippen molar-refractivity contribution in [3.05, 3.63) is 54.1 Å². The van der Waals surface area contributed by atoms with E-state index in [4.69, 9.17) is 4.74 Å². The first-order valence-electron chi connectivity index (χ1n) is 6.31. The number of fused-ring (bicyclic) bond motifs is 1. The molecular weight excluding hydrogens is 270 g/mol.